The van der Waals surface area contributed by atoms with E-state index < -0.39 is 5.97 Å². The summed E-state index contributed by atoms with van der Waals surface area (Å²) in [6, 6.07) is 19.2. The molecule has 0 unspecified atom stereocenters. The summed E-state index contributed by atoms with van der Waals surface area (Å²) in [7, 11) is 0. The molecule has 0 spiro atoms. The number of amides is 1. The van der Waals surface area contributed by atoms with Crippen molar-refractivity contribution in [3.8, 4) is 17.1 Å². The summed E-state index contributed by atoms with van der Waals surface area (Å²) < 4.78 is 5.93. The van der Waals surface area contributed by atoms with E-state index in [9.17, 15) is 9.59 Å². The molecule has 3 rings (SSSR count). The second-order valence-electron chi connectivity index (χ2n) is 10.4. The van der Waals surface area contributed by atoms with Crippen LogP contribution in [0, 0.1) is 5.92 Å². The molecule has 1 heterocycles. The van der Waals surface area contributed by atoms with E-state index in [0.717, 1.165) is 16.9 Å². The molecular weight excluding hydrogens is 468 g/mol. The molecule has 0 saturated carbocycles. The molecule has 8 heteroatoms. The van der Waals surface area contributed by atoms with Gasteiger partial charge in [-0.3, -0.25) is 9.59 Å². The van der Waals surface area contributed by atoms with Crippen LogP contribution in [0.4, 0.5) is 5.69 Å². The van der Waals surface area contributed by atoms with Crippen LogP contribution in [-0.2, 0) is 10.2 Å². The van der Waals surface area contributed by atoms with Gasteiger partial charge in [0, 0.05) is 29.4 Å². The van der Waals surface area contributed by atoms with Crippen LogP contribution in [0.15, 0.2) is 60.7 Å². The van der Waals surface area contributed by atoms with Crippen LogP contribution in [0.25, 0.3) is 11.3 Å². The van der Waals surface area contributed by atoms with Crippen molar-refractivity contribution in [2.24, 2.45) is 5.92 Å². The average Bonchev–Trinajstić information content (AvgIpc) is 2.86. The van der Waals surface area contributed by atoms with Gasteiger partial charge in [-0.2, -0.15) is 0 Å². The first kappa shape index (κ1) is 27.6. The zero-order valence-electron chi connectivity index (χ0n) is 22.1. The molecule has 0 bridgehead atoms. The number of nitrogens with one attached hydrogen (secondary N) is 2. The van der Waals surface area contributed by atoms with Gasteiger partial charge in [-0.1, -0.05) is 58.9 Å². The lowest BCUT2D eigenvalue weighted by Gasteiger charge is -2.23. The predicted octanol–water partition coefficient (Wildman–Crippen LogP) is 5.16. The monoisotopic (exact) mass is 504 g/mol. The summed E-state index contributed by atoms with van der Waals surface area (Å²) in [5.41, 5.74) is 4.49. The lowest BCUT2D eigenvalue weighted by atomic mass is 9.86. The second-order valence-corrected chi connectivity index (χ2v) is 10.4. The van der Waals surface area contributed by atoms with Crippen LogP contribution >= 0.6 is 0 Å². The van der Waals surface area contributed by atoms with Crippen LogP contribution in [0.3, 0.4) is 0 Å². The number of carbonyl (C=O) groups is 2. The minimum Gasteiger partial charge on any atom is -0.481 e. The van der Waals surface area contributed by atoms with Crippen LogP contribution in [-0.4, -0.2) is 46.4 Å². The molecule has 1 atom stereocenters. The molecule has 0 fully saturated rings. The number of hydrogen-bond donors (Lipinski definition) is 3. The number of ether oxygens (including phenoxy) is 1. The number of anilines is 1. The van der Waals surface area contributed by atoms with Crippen molar-refractivity contribution in [3.63, 3.8) is 0 Å². The Kier molecular flexibility index (Phi) is 9.22. The van der Waals surface area contributed by atoms with E-state index >= 15 is 0 Å². The van der Waals surface area contributed by atoms with Crippen LogP contribution < -0.4 is 15.4 Å². The van der Waals surface area contributed by atoms with Crippen molar-refractivity contribution in [2.75, 3.05) is 18.5 Å². The molecule has 196 valence electrons. The van der Waals surface area contributed by atoms with E-state index in [1.165, 1.54) is 5.56 Å². The predicted molar refractivity (Wildman–Crippen MR) is 145 cm³/mol. The van der Waals surface area contributed by atoms with Gasteiger partial charge in [0.05, 0.1) is 18.2 Å². The number of hydrogen-bond acceptors (Lipinski definition) is 6. The zero-order valence-corrected chi connectivity index (χ0v) is 22.1. The van der Waals surface area contributed by atoms with Crippen molar-refractivity contribution >= 4 is 17.6 Å². The van der Waals surface area contributed by atoms with Crippen molar-refractivity contribution < 1.29 is 19.4 Å². The van der Waals surface area contributed by atoms with Gasteiger partial charge in [0.15, 0.2) is 0 Å². The lowest BCUT2D eigenvalue weighted by molar-refractivity contribution is -0.136. The summed E-state index contributed by atoms with van der Waals surface area (Å²) >= 11 is 0. The maximum atomic E-state index is 12.1. The average molecular weight is 505 g/mol. The number of carboxylic acid groups (broad SMARTS) is 1. The quantitative estimate of drug-likeness (QED) is 0.330. The van der Waals surface area contributed by atoms with Crippen LogP contribution in [0.5, 0.6) is 5.88 Å². The standard InChI is InChI=1S/C29H36N4O4/c1-19(2)25(31-23-12-8-21(9-13-23)28(36)30-17-16-27(34)35)18-37-26-15-14-24(32-33-26)20-6-10-22(11-7-20)29(3,4)5/h6-15,19,25,31H,16-18H2,1-5H3,(H,30,36)(H,34,35)/t25-/m1/s1. The summed E-state index contributed by atoms with van der Waals surface area (Å²) in [5, 5.41) is 23.3. The second kappa shape index (κ2) is 12.3. The highest BCUT2D eigenvalue weighted by Crippen LogP contribution is 2.25. The molecule has 37 heavy (non-hydrogen) atoms. The Bertz CT molecular complexity index is 1170. The summed E-state index contributed by atoms with van der Waals surface area (Å²) in [4.78, 5) is 22.7. The lowest BCUT2D eigenvalue weighted by Crippen LogP contribution is -2.32. The number of carbonyl (C=O) groups excluding carboxylic acids is 1. The Labute approximate surface area is 218 Å². The summed E-state index contributed by atoms with van der Waals surface area (Å²) in [6.07, 6.45) is -0.112. The Balaban J connectivity index is 1.55. The number of aliphatic carboxylic acids is 1. The van der Waals surface area contributed by atoms with Gasteiger partial charge in [0.2, 0.25) is 5.88 Å². The first-order valence-electron chi connectivity index (χ1n) is 12.5. The Morgan fingerprint density at radius 1 is 0.946 bits per heavy atom. The summed E-state index contributed by atoms with van der Waals surface area (Å²) in [5.74, 6) is -0.526. The zero-order chi connectivity index (χ0) is 27.0. The minimum absolute atomic E-state index is 0.00154. The van der Waals surface area contributed by atoms with Crippen molar-refractivity contribution in [3.05, 3.63) is 71.8 Å². The highest BCUT2D eigenvalue weighted by Gasteiger charge is 2.16. The topological polar surface area (TPSA) is 113 Å². The number of benzene rings is 2. The largest absolute Gasteiger partial charge is 0.481 e. The first-order valence-corrected chi connectivity index (χ1v) is 12.5. The highest BCUT2D eigenvalue weighted by molar-refractivity contribution is 5.94. The Morgan fingerprint density at radius 3 is 2.16 bits per heavy atom. The smallest absolute Gasteiger partial charge is 0.305 e. The molecule has 1 aromatic heterocycles. The molecule has 2 aromatic carbocycles. The number of aromatic nitrogens is 2. The Morgan fingerprint density at radius 2 is 1.62 bits per heavy atom. The van der Waals surface area contributed by atoms with E-state index in [4.69, 9.17) is 9.84 Å². The third-order valence-electron chi connectivity index (χ3n) is 6.03. The normalized spacial score (nSPS) is 12.2. The van der Waals surface area contributed by atoms with Gasteiger partial charge in [-0.05, 0) is 47.2 Å². The van der Waals surface area contributed by atoms with E-state index in [0.29, 0.717) is 18.1 Å². The van der Waals surface area contributed by atoms with Gasteiger partial charge >= 0.3 is 5.97 Å². The maximum Gasteiger partial charge on any atom is 0.305 e. The van der Waals surface area contributed by atoms with Gasteiger partial charge < -0.3 is 20.5 Å². The van der Waals surface area contributed by atoms with Gasteiger partial charge in [-0.25, -0.2) is 0 Å². The molecule has 3 aromatic rings. The van der Waals surface area contributed by atoms with E-state index in [1.54, 1.807) is 12.1 Å². The third kappa shape index (κ3) is 8.31. The molecule has 1 amide bonds. The Hall–Kier alpha value is -3.94. The van der Waals surface area contributed by atoms with E-state index in [1.807, 2.05) is 24.3 Å². The fraction of sp³-hybridized carbons (Fsp3) is 0.379. The van der Waals surface area contributed by atoms with Gasteiger partial charge in [0.25, 0.3) is 5.91 Å². The van der Waals surface area contributed by atoms with Gasteiger partial charge in [-0.15, -0.1) is 10.2 Å². The molecule has 0 saturated heterocycles. The van der Waals surface area contributed by atoms with E-state index in [2.05, 4.69) is 79.7 Å². The minimum atomic E-state index is -0.949. The number of carboxylic acids is 1. The van der Waals surface area contributed by atoms with Crippen molar-refractivity contribution in [1.82, 2.24) is 15.5 Å². The molecule has 8 nitrogen and oxygen atoms in total. The molecule has 0 aliphatic carbocycles. The SMILES string of the molecule is CC(C)[C@@H](COc1ccc(-c2ccc(C(C)(C)C)cc2)nn1)Nc1ccc(C(=O)NCCC(=O)O)cc1. The highest BCUT2D eigenvalue weighted by atomic mass is 16.5. The van der Waals surface area contributed by atoms with Crippen molar-refractivity contribution in [2.45, 2.75) is 52.5 Å². The summed E-state index contributed by atoms with van der Waals surface area (Å²) in [6.45, 7) is 11.2. The van der Waals surface area contributed by atoms with Gasteiger partial charge in [0.1, 0.15) is 6.61 Å². The van der Waals surface area contributed by atoms with E-state index in [-0.39, 0.29) is 36.2 Å². The molecule has 3 N–H and O–H groups in total. The fourth-order valence-corrected chi connectivity index (χ4v) is 3.58. The van der Waals surface area contributed by atoms with Crippen molar-refractivity contribution in [1.29, 1.82) is 0 Å². The fourth-order valence-electron chi connectivity index (χ4n) is 3.58. The number of rotatable bonds is 11. The maximum absolute atomic E-state index is 12.1. The first-order chi connectivity index (χ1) is 17.5. The molecule has 0 aliphatic rings. The van der Waals surface area contributed by atoms with Crippen LogP contribution in [0.2, 0.25) is 0 Å². The molecule has 0 radical (unpaired) electrons. The molecular formula is C29H36N4O4. The third-order valence-corrected chi connectivity index (χ3v) is 6.03. The number of nitrogens with zero attached hydrogens (tertiary/aromatic N) is 2. The molecule has 0 aliphatic heterocycles. The van der Waals surface area contributed by atoms with Crippen LogP contribution in [0.1, 0.15) is 57.0 Å².